The van der Waals surface area contributed by atoms with Gasteiger partial charge in [-0.3, -0.25) is 9.59 Å². The van der Waals surface area contributed by atoms with Crippen molar-refractivity contribution in [3.05, 3.63) is 48.0 Å². The highest BCUT2D eigenvalue weighted by molar-refractivity contribution is 5.86. The number of benzene rings is 2. The summed E-state index contributed by atoms with van der Waals surface area (Å²) < 4.78 is 0. The van der Waals surface area contributed by atoms with Gasteiger partial charge >= 0.3 is 5.97 Å². The fraction of sp³-hybridized carbons (Fsp3) is 0.368. The molecule has 0 heterocycles. The summed E-state index contributed by atoms with van der Waals surface area (Å²) in [6, 6.07) is 14.3. The van der Waals surface area contributed by atoms with E-state index in [1.165, 1.54) is 0 Å². The lowest BCUT2D eigenvalue weighted by atomic mass is 10.0. The minimum atomic E-state index is -0.781. The van der Waals surface area contributed by atoms with E-state index >= 15 is 0 Å². The number of fused-ring (bicyclic) bond motifs is 1. The molecule has 2 aromatic rings. The van der Waals surface area contributed by atoms with Gasteiger partial charge in [0.15, 0.2) is 0 Å². The quantitative estimate of drug-likeness (QED) is 0.942. The molecule has 4 heteroatoms. The SMILES string of the molecule is CN(Cc1cccc2ccccc12)C(=O)[C@@H]1CC[C@H](C(=O)O)C1. The molecule has 1 amide bonds. The van der Waals surface area contributed by atoms with Crippen molar-refractivity contribution in [3.63, 3.8) is 0 Å². The van der Waals surface area contributed by atoms with Crippen molar-refractivity contribution in [2.45, 2.75) is 25.8 Å². The number of carboxylic acid groups (broad SMARTS) is 1. The van der Waals surface area contributed by atoms with Crippen molar-refractivity contribution in [1.82, 2.24) is 4.90 Å². The first-order valence-corrected chi connectivity index (χ1v) is 8.00. The highest BCUT2D eigenvalue weighted by atomic mass is 16.4. The highest BCUT2D eigenvalue weighted by Crippen LogP contribution is 2.32. The van der Waals surface area contributed by atoms with Crippen molar-refractivity contribution in [2.24, 2.45) is 11.8 Å². The molecular formula is C19H21NO3. The van der Waals surface area contributed by atoms with Gasteiger partial charge in [-0.1, -0.05) is 42.5 Å². The first-order chi connectivity index (χ1) is 11.1. The second kappa shape index (κ2) is 6.41. The number of amides is 1. The summed E-state index contributed by atoms with van der Waals surface area (Å²) in [5.41, 5.74) is 1.12. The molecule has 0 spiro atoms. The number of carboxylic acids is 1. The Morgan fingerprint density at radius 3 is 2.52 bits per heavy atom. The Hall–Kier alpha value is -2.36. The smallest absolute Gasteiger partial charge is 0.306 e. The van der Waals surface area contributed by atoms with Crippen LogP contribution < -0.4 is 0 Å². The minimum absolute atomic E-state index is 0.0571. The molecule has 3 rings (SSSR count). The van der Waals surface area contributed by atoms with Crippen molar-refractivity contribution in [3.8, 4) is 0 Å². The van der Waals surface area contributed by atoms with E-state index in [9.17, 15) is 9.59 Å². The monoisotopic (exact) mass is 311 g/mol. The molecule has 1 fully saturated rings. The number of carbonyl (C=O) groups excluding carboxylic acids is 1. The number of nitrogens with zero attached hydrogens (tertiary/aromatic N) is 1. The van der Waals surface area contributed by atoms with Crippen LogP contribution in [0.2, 0.25) is 0 Å². The van der Waals surface area contributed by atoms with Crippen LogP contribution >= 0.6 is 0 Å². The molecule has 0 radical (unpaired) electrons. The van der Waals surface area contributed by atoms with E-state index in [-0.39, 0.29) is 17.7 Å². The molecule has 1 aliphatic rings. The van der Waals surface area contributed by atoms with Gasteiger partial charge in [-0.25, -0.2) is 0 Å². The van der Waals surface area contributed by atoms with E-state index in [2.05, 4.69) is 18.2 Å². The molecule has 0 saturated heterocycles. The highest BCUT2D eigenvalue weighted by Gasteiger charge is 2.35. The number of carbonyl (C=O) groups is 2. The van der Waals surface area contributed by atoms with Gasteiger partial charge in [-0.2, -0.15) is 0 Å². The Labute approximate surface area is 135 Å². The molecule has 4 nitrogen and oxygen atoms in total. The predicted molar refractivity (Wildman–Crippen MR) is 88.9 cm³/mol. The molecule has 1 N–H and O–H groups in total. The molecular weight excluding hydrogens is 290 g/mol. The van der Waals surface area contributed by atoms with Gasteiger partial charge in [-0.15, -0.1) is 0 Å². The summed E-state index contributed by atoms with van der Waals surface area (Å²) in [5, 5.41) is 11.4. The third-order valence-corrected chi connectivity index (χ3v) is 4.79. The molecule has 2 atom stereocenters. The minimum Gasteiger partial charge on any atom is -0.481 e. The van der Waals surface area contributed by atoms with Crippen LogP contribution in [0.5, 0.6) is 0 Å². The predicted octanol–water partition coefficient (Wildman–Crippen LogP) is 3.30. The fourth-order valence-electron chi connectivity index (χ4n) is 3.51. The molecule has 2 aromatic carbocycles. The van der Waals surface area contributed by atoms with Crippen LogP contribution in [-0.2, 0) is 16.1 Å². The lowest BCUT2D eigenvalue weighted by Crippen LogP contribution is -2.31. The summed E-state index contributed by atoms with van der Waals surface area (Å²) in [6.07, 6.45) is 1.75. The maximum absolute atomic E-state index is 12.6. The first kappa shape index (κ1) is 15.5. The van der Waals surface area contributed by atoms with Crippen LogP contribution in [-0.4, -0.2) is 28.9 Å². The van der Waals surface area contributed by atoms with Crippen molar-refractivity contribution >= 4 is 22.6 Å². The molecule has 0 aliphatic heterocycles. The van der Waals surface area contributed by atoms with E-state index in [0.717, 1.165) is 16.3 Å². The molecule has 1 aliphatic carbocycles. The molecule has 0 aromatic heterocycles. The summed E-state index contributed by atoms with van der Waals surface area (Å²) in [7, 11) is 1.80. The molecule has 23 heavy (non-hydrogen) atoms. The van der Waals surface area contributed by atoms with E-state index in [0.29, 0.717) is 25.8 Å². The zero-order valence-electron chi connectivity index (χ0n) is 13.2. The standard InChI is InChI=1S/C19H21NO3/c1-20(18(21)14-9-10-15(11-14)19(22)23)12-16-7-4-6-13-5-2-3-8-17(13)16/h2-8,14-15H,9-12H2,1H3,(H,22,23)/t14-,15+/m1/s1. The van der Waals surface area contributed by atoms with E-state index in [1.54, 1.807) is 11.9 Å². The Morgan fingerprint density at radius 2 is 1.78 bits per heavy atom. The normalized spacial score (nSPS) is 20.6. The van der Waals surface area contributed by atoms with Crippen LogP contribution in [0.25, 0.3) is 10.8 Å². The summed E-state index contributed by atoms with van der Waals surface area (Å²) in [6.45, 7) is 0.550. The molecule has 120 valence electrons. The average Bonchev–Trinajstić information content (AvgIpc) is 3.04. The van der Waals surface area contributed by atoms with Gasteiger partial charge in [-0.05, 0) is 35.6 Å². The van der Waals surface area contributed by atoms with Crippen molar-refractivity contribution < 1.29 is 14.7 Å². The third kappa shape index (κ3) is 3.21. The Morgan fingerprint density at radius 1 is 1.09 bits per heavy atom. The van der Waals surface area contributed by atoms with E-state index < -0.39 is 5.97 Å². The van der Waals surface area contributed by atoms with Crippen LogP contribution in [0.3, 0.4) is 0 Å². The van der Waals surface area contributed by atoms with Crippen LogP contribution in [0.15, 0.2) is 42.5 Å². The molecule has 0 bridgehead atoms. The van der Waals surface area contributed by atoms with Crippen LogP contribution in [0.1, 0.15) is 24.8 Å². The first-order valence-electron chi connectivity index (χ1n) is 8.00. The lowest BCUT2D eigenvalue weighted by molar-refractivity contribution is -0.141. The van der Waals surface area contributed by atoms with Gasteiger partial charge in [0, 0.05) is 19.5 Å². The largest absolute Gasteiger partial charge is 0.481 e. The second-order valence-electron chi connectivity index (χ2n) is 6.38. The maximum atomic E-state index is 12.6. The van der Waals surface area contributed by atoms with Crippen molar-refractivity contribution in [1.29, 1.82) is 0 Å². The Balaban J connectivity index is 1.72. The lowest BCUT2D eigenvalue weighted by Gasteiger charge is -2.22. The van der Waals surface area contributed by atoms with E-state index in [4.69, 9.17) is 5.11 Å². The van der Waals surface area contributed by atoms with Gasteiger partial charge in [0.2, 0.25) is 5.91 Å². The summed E-state index contributed by atoms with van der Waals surface area (Å²) in [5.74, 6) is -1.25. The number of hydrogen-bond acceptors (Lipinski definition) is 2. The van der Waals surface area contributed by atoms with E-state index in [1.807, 2.05) is 24.3 Å². The van der Waals surface area contributed by atoms with Crippen LogP contribution in [0.4, 0.5) is 0 Å². The van der Waals surface area contributed by atoms with Gasteiger partial charge < -0.3 is 10.0 Å². The average molecular weight is 311 g/mol. The Kier molecular flexibility index (Phi) is 4.33. The fourth-order valence-corrected chi connectivity index (χ4v) is 3.51. The molecule has 0 unspecified atom stereocenters. The number of aliphatic carboxylic acids is 1. The maximum Gasteiger partial charge on any atom is 0.306 e. The number of hydrogen-bond donors (Lipinski definition) is 1. The summed E-state index contributed by atoms with van der Waals surface area (Å²) >= 11 is 0. The van der Waals surface area contributed by atoms with Crippen molar-refractivity contribution in [2.75, 3.05) is 7.05 Å². The van der Waals surface area contributed by atoms with Gasteiger partial charge in [0.25, 0.3) is 0 Å². The summed E-state index contributed by atoms with van der Waals surface area (Å²) in [4.78, 5) is 25.4. The number of rotatable bonds is 4. The topological polar surface area (TPSA) is 57.6 Å². The van der Waals surface area contributed by atoms with Crippen LogP contribution in [0, 0.1) is 11.8 Å². The second-order valence-corrected chi connectivity index (χ2v) is 6.38. The van der Waals surface area contributed by atoms with Gasteiger partial charge in [0.1, 0.15) is 0 Å². The van der Waals surface area contributed by atoms with Gasteiger partial charge in [0.05, 0.1) is 5.92 Å². The zero-order chi connectivity index (χ0) is 16.4. The Bertz CT molecular complexity index is 735. The third-order valence-electron chi connectivity index (χ3n) is 4.79. The molecule has 1 saturated carbocycles. The zero-order valence-corrected chi connectivity index (χ0v) is 13.2.